The molecule has 1 saturated carbocycles. The van der Waals surface area contributed by atoms with Gasteiger partial charge >= 0.3 is 0 Å². The van der Waals surface area contributed by atoms with E-state index in [9.17, 15) is 0 Å². The van der Waals surface area contributed by atoms with Crippen molar-refractivity contribution < 1.29 is 4.74 Å². The van der Waals surface area contributed by atoms with Gasteiger partial charge in [-0.15, -0.1) is 0 Å². The molecule has 19 heavy (non-hydrogen) atoms. The second kappa shape index (κ2) is 4.92. The minimum absolute atomic E-state index is 0.511. The van der Waals surface area contributed by atoms with E-state index in [1.807, 2.05) is 0 Å². The van der Waals surface area contributed by atoms with Crippen LogP contribution >= 0.6 is 0 Å². The highest BCUT2D eigenvalue weighted by Crippen LogP contribution is 2.39. The van der Waals surface area contributed by atoms with Crippen LogP contribution in [0.25, 0.3) is 0 Å². The highest BCUT2D eigenvalue weighted by molar-refractivity contribution is 5.30. The zero-order valence-corrected chi connectivity index (χ0v) is 11.5. The Hall–Kier alpha value is -0.860. The summed E-state index contributed by atoms with van der Waals surface area (Å²) in [6, 6.07) is 10.2. The third-order valence-corrected chi connectivity index (χ3v) is 5.02. The van der Waals surface area contributed by atoms with Gasteiger partial charge in [-0.2, -0.15) is 0 Å². The van der Waals surface area contributed by atoms with Gasteiger partial charge in [-0.1, -0.05) is 24.3 Å². The van der Waals surface area contributed by atoms with Crippen LogP contribution in [0.15, 0.2) is 24.3 Å². The summed E-state index contributed by atoms with van der Waals surface area (Å²) in [5.74, 6) is 0.857. The SMILES string of the molecule is c1ccc2c(c1)CCC(NC1CCOC1C1CC1)C2. The summed E-state index contributed by atoms with van der Waals surface area (Å²) in [7, 11) is 0. The molecule has 1 aromatic carbocycles. The van der Waals surface area contributed by atoms with Crippen LogP contribution in [0.3, 0.4) is 0 Å². The lowest BCUT2D eigenvalue weighted by molar-refractivity contribution is 0.0784. The fraction of sp³-hybridized carbons (Fsp3) is 0.647. The van der Waals surface area contributed by atoms with Gasteiger partial charge in [-0.25, -0.2) is 0 Å². The molecule has 1 aliphatic heterocycles. The Labute approximate surface area is 115 Å². The number of ether oxygens (including phenoxy) is 1. The van der Waals surface area contributed by atoms with Gasteiger partial charge in [0, 0.05) is 18.7 Å². The molecule has 3 unspecified atom stereocenters. The van der Waals surface area contributed by atoms with Crippen molar-refractivity contribution in [1.82, 2.24) is 5.32 Å². The molecule has 102 valence electrons. The zero-order chi connectivity index (χ0) is 12.7. The first-order valence-electron chi connectivity index (χ1n) is 7.84. The van der Waals surface area contributed by atoms with Crippen LogP contribution in [0.4, 0.5) is 0 Å². The highest BCUT2D eigenvalue weighted by Gasteiger charge is 2.41. The quantitative estimate of drug-likeness (QED) is 0.899. The average Bonchev–Trinajstić information content (AvgIpc) is 3.19. The van der Waals surface area contributed by atoms with Crippen LogP contribution in [0, 0.1) is 5.92 Å². The van der Waals surface area contributed by atoms with Crippen molar-refractivity contribution in [3.63, 3.8) is 0 Å². The predicted octanol–water partition coefficient (Wildman–Crippen LogP) is 2.70. The number of nitrogens with one attached hydrogen (secondary N) is 1. The van der Waals surface area contributed by atoms with Crippen molar-refractivity contribution in [3.8, 4) is 0 Å². The summed E-state index contributed by atoms with van der Waals surface area (Å²) in [6.07, 6.45) is 8.20. The summed E-state index contributed by atoms with van der Waals surface area (Å²) in [5, 5.41) is 3.91. The average molecular weight is 257 g/mol. The minimum Gasteiger partial charge on any atom is -0.376 e. The number of aryl methyl sites for hydroxylation is 1. The first kappa shape index (κ1) is 11.9. The third kappa shape index (κ3) is 2.44. The molecule has 0 aromatic heterocycles. The van der Waals surface area contributed by atoms with Gasteiger partial charge in [0.15, 0.2) is 0 Å². The van der Waals surface area contributed by atoms with E-state index in [-0.39, 0.29) is 0 Å². The molecule has 2 heteroatoms. The summed E-state index contributed by atoms with van der Waals surface area (Å²) < 4.78 is 5.94. The molecule has 3 atom stereocenters. The maximum absolute atomic E-state index is 5.94. The smallest absolute Gasteiger partial charge is 0.0757 e. The largest absolute Gasteiger partial charge is 0.376 e. The molecule has 4 rings (SSSR count). The molecule has 1 heterocycles. The van der Waals surface area contributed by atoms with Crippen molar-refractivity contribution in [3.05, 3.63) is 35.4 Å². The van der Waals surface area contributed by atoms with E-state index < -0.39 is 0 Å². The number of fused-ring (bicyclic) bond motifs is 1. The lowest BCUT2D eigenvalue weighted by Crippen LogP contribution is -2.46. The van der Waals surface area contributed by atoms with Crippen molar-refractivity contribution in [1.29, 1.82) is 0 Å². The van der Waals surface area contributed by atoms with Gasteiger partial charge in [0.25, 0.3) is 0 Å². The van der Waals surface area contributed by atoms with Gasteiger partial charge in [-0.3, -0.25) is 0 Å². The Morgan fingerprint density at radius 2 is 1.84 bits per heavy atom. The number of benzene rings is 1. The molecule has 2 aliphatic carbocycles. The van der Waals surface area contributed by atoms with Crippen LogP contribution in [-0.4, -0.2) is 24.8 Å². The van der Waals surface area contributed by atoms with E-state index >= 15 is 0 Å². The van der Waals surface area contributed by atoms with Crippen LogP contribution in [0.5, 0.6) is 0 Å². The molecule has 0 amide bonds. The topological polar surface area (TPSA) is 21.3 Å². The van der Waals surface area contributed by atoms with Gasteiger partial charge in [0.05, 0.1) is 6.10 Å². The van der Waals surface area contributed by atoms with E-state index in [1.54, 1.807) is 11.1 Å². The summed E-state index contributed by atoms with van der Waals surface area (Å²) >= 11 is 0. The van der Waals surface area contributed by atoms with Gasteiger partial charge in [0.2, 0.25) is 0 Å². The van der Waals surface area contributed by atoms with Crippen LogP contribution in [0.2, 0.25) is 0 Å². The normalized spacial score (nSPS) is 34.2. The summed E-state index contributed by atoms with van der Waals surface area (Å²) in [6.45, 7) is 0.960. The van der Waals surface area contributed by atoms with E-state index in [4.69, 9.17) is 4.74 Å². The standard InChI is InChI=1S/C17H23NO/c1-2-4-14-11-15(8-7-12(14)3-1)18-16-9-10-19-17(16)13-5-6-13/h1-4,13,15-18H,5-11H2. The maximum atomic E-state index is 5.94. The van der Waals surface area contributed by atoms with E-state index in [0.717, 1.165) is 12.5 Å². The molecule has 1 aromatic rings. The number of hydrogen-bond acceptors (Lipinski definition) is 2. The van der Waals surface area contributed by atoms with Crippen molar-refractivity contribution >= 4 is 0 Å². The van der Waals surface area contributed by atoms with E-state index in [2.05, 4.69) is 29.6 Å². The Morgan fingerprint density at radius 1 is 1.00 bits per heavy atom. The molecular formula is C17H23NO. The summed E-state index contributed by atoms with van der Waals surface area (Å²) in [4.78, 5) is 0. The van der Waals surface area contributed by atoms with Crippen LogP contribution in [0.1, 0.15) is 36.8 Å². The number of hydrogen-bond donors (Lipinski definition) is 1. The molecule has 0 spiro atoms. The molecule has 2 fully saturated rings. The first-order chi connectivity index (χ1) is 9.40. The van der Waals surface area contributed by atoms with Crippen molar-refractivity contribution in [2.75, 3.05) is 6.61 Å². The van der Waals surface area contributed by atoms with Crippen molar-refractivity contribution in [2.24, 2.45) is 5.92 Å². The van der Waals surface area contributed by atoms with E-state index in [0.29, 0.717) is 18.2 Å². The number of rotatable bonds is 3. The molecular weight excluding hydrogens is 234 g/mol. The van der Waals surface area contributed by atoms with Gasteiger partial charge < -0.3 is 10.1 Å². The lowest BCUT2D eigenvalue weighted by atomic mass is 9.87. The molecule has 2 nitrogen and oxygen atoms in total. The second-order valence-corrected chi connectivity index (χ2v) is 6.44. The van der Waals surface area contributed by atoms with Gasteiger partial charge in [0.1, 0.15) is 0 Å². The Bertz CT molecular complexity index is 454. The van der Waals surface area contributed by atoms with Crippen LogP contribution < -0.4 is 5.32 Å². The zero-order valence-electron chi connectivity index (χ0n) is 11.5. The fourth-order valence-electron chi connectivity index (χ4n) is 3.82. The van der Waals surface area contributed by atoms with Crippen molar-refractivity contribution in [2.45, 2.75) is 56.7 Å². The second-order valence-electron chi connectivity index (χ2n) is 6.44. The van der Waals surface area contributed by atoms with E-state index in [1.165, 1.54) is 38.5 Å². The third-order valence-electron chi connectivity index (χ3n) is 5.02. The monoisotopic (exact) mass is 257 g/mol. The first-order valence-corrected chi connectivity index (χ1v) is 7.84. The molecule has 1 N–H and O–H groups in total. The predicted molar refractivity (Wildman–Crippen MR) is 76.3 cm³/mol. The van der Waals surface area contributed by atoms with Crippen LogP contribution in [-0.2, 0) is 17.6 Å². The lowest BCUT2D eigenvalue weighted by Gasteiger charge is -2.30. The maximum Gasteiger partial charge on any atom is 0.0757 e. The van der Waals surface area contributed by atoms with Gasteiger partial charge in [-0.05, 0) is 55.6 Å². The molecule has 1 saturated heterocycles. The highest BCUT2D eigenvalue weighted by atomic mass is 16.5. The summed E-state index contributed by atoms with van der Waals surface area (Å²) in [5.41, 5.74) is 3.11. The molecule has 0 bridgehead atoms. The Kier molecular flexibility index (Phi) is 3.08. The Balaban J connectivity index is 1.41. The minimum atomic E-state index is 0.511. The molecule has 3 aliphatic rings. The molecule has 0 radical (unpaired) electrons. The Morgan fingerprint density at radius 3 is 2.68 bits per heavy atom. The fourth-order valence-corrected chi connectivity index (χ4v) is 3.82.